The van der Waals surface area contributed by atoms with Gasteiger partial charge in [0.2, 0.25) is 5.91 Å². The molecular weight excluding hydrogens is 340 g/mol. The Kier molecular flexibility index (Phi) is 5.77. The van der Waals surface area contributed by atoms with Crippen LogP contribution < -0.4 is 5.32 Å². The summed E-state index contributed by atoms with van der Waals surface area (Å²) in [6, 6.07) is 24.1. The molecule has 0 fully saturated rings. The fourth-order valence-electron chi connectivity index (χ4n) is 2.73. The van der Waals surface area contributed by atoms with Gasteiger partial charge in [-0.05, 0) is 40.2 Å². The number of thiocarbonyl (C=S) groups is 1. The van der Waals surface area contributed by atoms with E-state index in [0.717, 1.165) is 21.9 Å². The van der Waals surface area contributed by atoms with Gasteiger partial charge >= 0.3 is 0 Å². The molecule has 0 bridgehead atoms. The van der Waals surface area contributed by atoms with Crippen LogP contribution in [0.5, 0.6) is 0 Å². The highest BCUT2D eigenvalue weighted by Crippen LogP contribution is 2.19. The summed E-state index contributed by atoms with van der Waals surface area (Å²) in [6.45, 7) is 0.646. The standard InChI is InChI=1S/C22H20N2OS/c1-24(16-17-8-3-2-4-9-17)22(26)23-21(25)15-14-19-12-7-11-18-10-5-6-13-20(18)19/h2-15H,16H2,1H3,(H,23,25,26)/b15-14+. The summed E-state index contributed by atoms with van der Waals surface area (Å²) in [5.74, 6) is -0.233. The molecule has 130 valence electrons. The predicted octanol–water partition coefficient (Wildman–Crippen LogP) is 4.39. The van der Waals surface area contributed by atoms with E-state index < -0.39 is 0 Å². The van der Waals surface area contributed by atoms with Crippen molar-refractivity contribution in [2.24, 2.45) is 0 Å². The molecule has 0 aliphatic heterocycles. The number of hydrogen-bond acceptors (Lipinski definition) is 2. The lowest BCUT2D eigenvalue weighted by Gasteiger charge is -2.19. The second-order valence-corrected chi connectivity index (χ2v) is 6.42. The van der Waals surface area contributed by atoms with Gasteiger partial charge in [0.25, 0.3) is 0 Å². The summed E-state index contributed by atoms with van der Waals surface area (Å²) in [6.07, 6.45) is 3.34. The number of amides is 1. The van der Waals surface area contributed by atoms with Crippen molar-refractivity contribution >= 4 is 40.1 Å². The van der Waals surface area contributed by atoms with Gasteiger partial charge in [-0.15, -0.1) is 0 Å². The molecule has 0 aliphatic carbocycles. The molecule has 0 aliphatic rings. The Balaban J connectivity index is 1.62. The maximum absolute atomic E-state index is 12.2. The Morgan fingerprint density at radius 1 is 1.00 bits per heavy atom. The first-order valence-electron chi connectivity index (χ1n) is 8.39. The van der Waals surface area contributed by atoms with Crippen LogP contribution in [0.2, 0.25) is 0 Å². The average Bonchev–Trinajstić information content (AvgIpc) is 2.67. The quantitative estimate of drug-likeness (QED) is 0.553. The monoisotopic (exact) mass is 360 g/mol. The van der Waals surface area contributed by atoms with Crippen LogP contribution in [0.3, 0.4) is 0 Å². The van der Waals surface area contributed by atoms with Gasteiger partial charge in [0, 0.05) is 19.7 Å². The highest BCUT2D eigenvalue weighted by molar-refractivity contribution is 7.80. The lowest BCUT2D eigenvalue weighted by Crippen LogP contribution is -2.39. The van der Waals surface area contributed by atoms with Gasteiger partial charge in [0.1, 0.15) is 0 Å². The first-order chi connectivity index (χ1) is 12.6. The van der Waals surface area contributed by atoms with Gasteiger partial charge in [-0.2, -0.15) is 0 Å². The number of hydrogen-bond donors (Lipinski definition) is 1. The van der Waals surface area contributed by atoms with E-state index in [4.69, 9.17) is 12.2 Å². The Morgan fingerprint density at radius 2 is 1.69 bits per heavy atom. The second-order valence-electron chi connectivity index (χ2n) is 6.04. The fraction of sp³-hybridized carbons (Fsp3) is 0.0909. The van der Waals surface area contributed by atoms with Gasteiger partial charge in [-0.1, -0.05) is 72.8 Å². The summed E-state index contributed by atoms with van der Waals surface area (Å²) in [5, 5.41) is 5.41. The number of carbonyl (C=O) groups excluding carboxylic acids is 1. The molecule has 0 saturated carbocycles. The summed E-state index contributed by atoms with van der Waals surface area (Å²) >= 11 is 5.32. The zero-order valence-corrected chi connectivity index (χ0v) is 15.4. The van der Waals surface area contributed by atoms with Crippen molar-refractivity contribution in [1.82, 2.24) is 10.2 Å². The molecule has 3 rings (SSSR count). The fourth-order valence-corrected chi connectivity index (χ4v) is 2.90. The van der Waals surface area contributed by atoms with Crippen LogP contribution in [-0.4, -0.2) is 23.0 Å². The summed E-state index contributed by atoms with van der Waals surface area (Å²) < 4.78 is 0. The van der Waals surface area contributed by atoms with E-state index in [-0.39, 0.29) is 5.91 Å². The molecule has 0 aromatic heterocycles. The van der Waals surface area contributed by atoms with Crippen molar-refractivity contribution in [2.75, 3.05) is 7.05 Å². The molecule has 4 heteroatoms. The molecular formula is C22H20N2OS. The summed E-state index contributed by atoms with van der Waals surface area (Å²) in [5.41, 5.74) is 2.14. The number of nitrogens with zero attached hydrogens (tertiary/aromatic N) is 1. The number of carbonyl (C=O) groups is 1. The molecule has 0 atom stereocenters. The van der Waals surface area contributed by atoms with E-state index in [1.165, 1.54) is 6.08 Å². The van der Waals surface area contributed by atoms with Gasteiger partial charge in [0.05, 0.1) is 0 Å². The molecule has 1 N–H and O–H groups in total. The third-order valence-electron chi connectivity index (χ3n) is 4.08. The van der Waals surface area contributed by atoms with E-state index in [0.29, 0.717) is 11.7 Å². The predicted molar refractivity (Wildman–Crippen MR) is 112 cm³/mol. The topological polar surface area (TPSA) is 32.3 Å². The first-order valence-corrected chi connectivity index (χ1v) is 8.80. The minimum atomic E-state index is -0.233. The van der Waals surface area contributed by atoms with Crippen LogP contribution in [0, 0.1) is 0 Å². The van der Waals surface area contributed by atoms with Crippen LogP contribution >= 0.6 is 12.2 Å². The summed E-state index contributed by atoms with van der Waals surface area (Å²) in [4.78, 5) is 14.0. The number of rotatable bonds is 4. The van der Waals surface area contributed by atoms with Gasteiger partial charge in [-0.25, -0.2) is 0 Å². The van der Waals surface area contributed by atoms with Gasteiger partial charge in [0.15, 0.2) is 5.11 Å². The lowest BCUT2D eigenvalue weighted by molar-refractivity contribution is -0.115. The zero-order valence-electron chi connectivity index (χ0n) is 14.6. The average molecular weight is 360 g/mol. The van der Waals surface area contributed by atoms with Crippen molar-refractivity contribution in [3.05, 3.63) is 90.0 Å². The van der Waals surface area contributed by atoms with Crippen molar-refractivity contribution in [2.45, 2.75) is 6.54 Å². The number of fused-ring (bicyclic) bond motifs is 1. The Morgan fingerprint density at radius 3 is 2.50 bits per heavy atom. The molecule has 1 amide bonds. The van der Waals surface area contributed by atoms with Crippen LogP contribution in [-0.2, 0) is 11.3 Å². The van der Waals surface area contributed by atoms with Crippen LogP contribution in [0.25, 0.3) is 16.8 Å². The molecule has 0 unspecified atom stereocenters. The van der Waals surface area contributed by atoms with E-state index in [2.05, 4.69) is 17.4 Å². The Hall–Kier alpha value is -2.98. The largest absolute Gasteiger partial charge is 0.348 e. The van der Waals surface area contributed by atoms with E-state index in [1.54, 1.807) is 0 Å². The highest BCUT2D eigenvalue weighted by atomic mass is 32.1. The molecule has 3 aromatic rings. The number of benzene rings is 3. The van der Waals surface area contributed by atoms with Crippen LogP contribution in [0.1, 0.15) is 11.1 Å². The molecule has 0 saturated heterocycles. The van der Waals surface area contributed by atoms with E-state index in [1.807, 2.05) is 78.7 Å². The van der Waals surface area contributed by atoms with Crippen molar-refractivity contribution in [3.63, 3.8) is 0 Å². The van der Waals surface area contributed by atoms with Crippen molar-refractivity contribution in [1.29, 1.82) is 0 Å². The zero-order chi connectivity index (χ0) is 18.4. The van der Waals surface area contributed by atoms with Gasteiger partial charge < -0.3 is 4.90 Å². The Bertz CT molecular complexity index is 945. The second kappa shape index (κ2) is 8.41. The SMILES string of the molecule is CN(Cc1ccccc1)C(=S)NC(=O)/C=C/c1cccc2ccccc12. The van der Waals surface area contributed by atoms with Crippen molar-refractivity contribution in [3.8, 4) is 0 Å². The maximum Gasteiger partial charge on any atom is 0.250 e. The van der Waals surface area contributed by atoms with E-state index in [9.17, 15) is 4.79 Å². The van der Waals surface area contributed by atoms with E-state index >= 15 is 0 Å². The smallest absolute Gasteiger partial charge is 0.250 e. The first kappa shape index (κ1) is 17.8. The third kappa shape index (κ3) is 4.55. The highest BCUT2D eigenvalue weighted by Gasteiger charge is 2.07. The molecule has 0 spiro atoms. The normalized spacial score (nSPS) is 10.8. The molecule has 26 heavy (non-hydrogen) atoms. The Labute approximate surface area is 159 Å². The van der Waals surface area contributed by atoms with Crippen molar-refractivity contribution < 1.29 is 4.79 Å². The molecule has 0 radical (unpaired) electrons. The molecule has 3 nitrogen and oxygen atoms in total. The van der Waals surface area contributed by atoms with Crippen LogP contribution in [0.4, 0.5) is 0 Å². The molecule has 3 aromatic carbocycles. The minimum absolute atomic E-state index is 0.233. The minimum Gasteiger partial charge on any atom is -0.348 e. The lowest BCUT2D eigenvalue weighted by atomic mass is 10.0. The van der Waals surface area contributed by atoms with Crippen LogP contribution in [0.15, 0.2) is 78.9 Å². The van der Waals surface area contributed by atoms with Gasteiger partial charge in [-0.3, -0.25) is 10.1 Å². The third-order valence-corrected chi connectivity index (χ3v) is 4.49. The summed E-state index contributed by atoms with van der Waals surface area (Å²) in [7, 11) is 1.87. The number of nitrogens with one attached hydrogen (secondary N) is 1. The molecule has 0 heterocycles. The maximum atomic E-state index is 12.2.